The molecule has 0 radical (unpaired) electrons. The molecule has 0 saturated carbocycles. The Morgan fingerprint density at radius 3 is 2.67 bits per heavy atom. The van der Waals surface area contributed by atoms with E-state index >= 15 is 0 Å². The molecule has 0 aromatic heterocycles. The number of hydrogen-bond acceptors (Lipinski definition) is 5. The van der Waals surface area contributed by atoms with Crippen molar-refractivity contribution in [2.75, 3.05) is 20.3 Å². The monoisotopic (exact) mass is 219 g/mol. The second-order valence-corrected chi connectivity index (χ2v) is 3.45. The Kier molecular flexibility index (Phi) is 4.02. The first kappa shape index (κ1) is 11.9. The molecule has 0 amide bonds. The third-order valence-corrected chi connectivity index (χ3v) is 2.32. The lowest BCUT2D eigenvalue weighted by Crippen LogP contribution is -2.33. The fourth-order valence-electron chi connectivity index (χ4n) is 1.64. The Balaban J connectivity index is 2.58. The summed E-state index contributed by atoms with van der Waals surface area (Å²) in [5.41, 5.74) is 0. The molecule has 5 nitrogen and oxygen atoms in total. The minimum Gasteiger partial charge on any atom is -0.469 e. The van der Waals surface area contributed by atoms with Crippen LogP contribution in [-0.4, -0.2) is 43.4 Å². The van der Waals surface area contributed by atoms with E-state index < -0.39 is 30.6 Å². The number of nitrogens with zero attached hydrogens (tertiary/aromatic N) is 1. The molecule has 0 aliphatic carbocycles. The first-order valence-electron chi connectivity index (χ1n) is 4.67. The van der Waals surface area contributed by atoms with Gasteiger partial charge in [-0.1, -0.05) is 0 Å². The van der Waals surface area contributed by atoms with Crippen LogP contribution in [0.2, 0.25) is 0 Å². The predicted octanol–water partition coefficient (Wildman–Crippen LogP) is 0.297. The van der Waals surface area contributed by atoms with Gasteiger partial charge in [-0.25, -0.2) is 4.39 Å². The second-order valence-electron chi connectivity index (χ2n) is 3.45. The number of carbonyl (C=O) groups excluding carboxylic acids is 2. The van der Waals surface area contributed by atoms with Crippen molar-refractivity contribution < 1.29 is 23.6 Å². The van der Waals surface area contributed by atoms with Gasteiger partial charge in [-0.2, -0.15) is 0 Å². The van der Waals surface area contributed by atoms with Gasteiger partial charge in [-0.05, 0) is 6.42 Å². The first-order chi connectivity index (χ1) is 7.08. The third-order valence-electron chi connectivity index (χ3n) is 2.32. The third kappa shape index (κ3) is 2.89. The molecule has 86 valence electrons. The first-order valence-corrected chi connectivity index (χ1v) is 4.67. The van der Waals surface area contributed by atoms with Gasteiger partial charge in [0, 0.05) is 13.5 Å². The molecule has 0 spiro atoms. The molecule has 1 rings (SSSR count). The van der Waals surface area contributed by atoms with Gasteiger partial charge in [0.25, 0.3) is 0 Å². The van der Waals surface area contributed by atoms with E-state index in [1.54, 1.807) is 0 Å². The topological polar surface area (TPSA) is 55.8 Å². The van der Waals surface area contributed by atoms with E-state index in [4.69, 9.17) is 4.84 Å². The van der Waals surface area contributed by atoms with Crippen LogP contribution in [0.5, 0.6) is 0 Å². The lowest BCUT2D eigenvalue weighted by Gasteiger charge is -2.19. The van der Waals surface area contributed by atoms with Crippen LogP contribution in [-0.2, 0) is 19.2 Å². The molecule has 2 atom stereocenters. The number of carbonyl (C=O) groups is 2. The molecule has 2 unspecified atom stereocenters. The molecule has 0 bridgehead atoms. The van der Waals surface area contributed by atoms with Gasteiger partial charge in [0.1, 0.15) is 6.67 Å². The number of hydrogen-bond donors (Lipinski definition) is 0. The van der Waals surface area contributed by atoms with Gasteiger partial charge in [0.2, 0.25) is 0 Å². The normalized spacial score (nSPS) is 26.3. The molecule has 1 aliphatic rings. The summed E-state index contributed by atoms with van der Waals surface area (Å²) in [5, 5.41) is 1.21. The molecule has 15 heavy (non-hydrogen) atoms. The summed E-state index contributed by atoms with van der Waals surface area (Å²) in [5.74, 6) is -1.34. The van der Waals surface area contributed by atoms with E-state index in [-0.39, 0.29) is 6.54 Å². The second kappa shape index (κ2) is 5.06. The molecular formula is C9H14FNO4. The van der Waals surface area contributed by atoms with Crippen LogP contribution in [0.4, 0.5) is 4.39 Å². The fraction of sp³-hybridized carbons (Fsp3) is 0.778. The molecule has 0 N–H and O–H groups in total. The van der Waals surface area contributed by atoms with Gasteiger partial charge >= 0.3 is 11.9 Å². The van der Waals surface area contributed by atoms with Crippen LogP contribution < -0.4 is 0 Å². The summed E-state index contributed by atoms with van der Waals surface area (Å²) < 4.78 is 17.1. The van der Waals surface area contributed by atoms with Gasteiger partial charge in [0.15, 0.2) is 0 Å². The number of hydroxylamine groups is 2. The highest BCUT2D eigenvalue weighted by molar-refractivity contribution is 5.73. The lowest BCUT2D eigenvalue weighted by atomic mass is 10.1. The molecule has 1 saturated heterocycles. The number of alkyl halides is 1. The summed E-state index contributed by atoms with van der Waals surface area (Å²) in [4.78, 5) is 26.7. The van der Waals surface area contributed by atoms with Crippen LogP contribution in [0, 0.1) is 5.92 Å². The van der Waals surface area contributed by atoms with Crippen LogP contribution >= 0.6 is 0 Å². The standard InChI is InChI=1S/C9H14FNO4/c1-6(12)15-11-5-7(9(13)14-2)3-8(11)4-10/h7-8H,3-5H2,1-2H3. The Morgan fingerprint density at radius 2 is 2.20 bits per heavy atom. The summed E-state index contributed by atoms with van der Waals surface area (Å²) >= 11 is 0. The molecule has 1 fully saturated rings. The number of esters is 1. The van der Waals surface area contributed by atoms with Gasteiger partial charge in [-0.3, -0.25) is 9.59 Å². The average molecular weight is 219 g/mol. The van der Waals surface area contributed by atoms with Crippen molar-refractivity contribution in [2.24, 2.45) is 5.92 Å². The molecular weight excluding hydrogens is 205 g/mol. The van der Waals surface area contributed by atoms with E-state index in [1.165, 1.54) is 19.1 Å². The van der Waals surface area contributed by atoms with E-state index in [0.29, 0.717) is 6.42 Å². The molecule has 1 heterocycles. The highest BCUT2D eigenvalue weighted by Gasteiger charge is 2.38. The van der Waals surface area contributed by atoms with Crippen LogP contribution in [0.3, 0.4) is 0 Å². The molecule has 1 aliphatic heterocycles. The zero-order valence-electron chi connectivity index (χ0n) is 8.73. The number of methoxy groups -OCH3 is 1. The van der Waals surface area contributed by atoms with Crippen LogP contribution in [0.1, 0.15) is 13.3 Å². The van der Waals surface area contributed by atoms with Crippen molar-refractivity contribution >= 4 is 11.9 Å². The maximum atomic E-state index is 12.6. The van der Waals surface area contributed by atoms with Crippen molar-refractivity contribution in [3.05, 3.63) is 0 Å². The summed E-state index contributed by atoms with van der Waals surface area (Å²) in [7, 11) is 1.28. The quantitative estimate of drug-likeness (QED) is 0.639. The average Bonchev–Trinajstić information content (AvgIpc) is 2.59. The minimum atomic E-state index is -0.652. The Morgan fingerprint density at radius 1 is 1.53 bits per heavy atom. The largest absolute Gasteiger partial charge is 0.469 e. The maximum absolute atomic E-state index is 12.6. The Labute approximate surface area is 87.1 Å². The van der Waals surface area contributed by atoms with E-state index in [2.05, 4.69) is 4.74 Å². The summed E-state index contributed by atoms with van der Waals surface area (Å²) in [6.45, 7) is 0.780. The maximum Gasteiger partial charge on any atom is 0.322 e. The highest BCUT2D eigenvalue weighted by Crippen LogP contribution is 2.24. The van der Waals surface area contributed by atoms with Crippen molar-refractivity contribution in [3.63, 3.8) is 0 Å². The smallest absolute Gasteiger partial charge is 0.322 e. The van der Waals surface area contributed by atoms with E-state index in [1.807, 2.05) is 0 Å². The molecule has 0 aromatic carbocycles. The minimum absolute atomic E-state index is 0.195. The van der Waals surface area contributed by atoms with Crippen molar-refractivity contribution in [1.29, 1.82) is 0 Å². The fourth-order valence-corrected chi connectivity index (χ4v) is 1.64. The zero-order chi connectivity index (χ0) is 11.4. The lowest BCUT2D eigenvalue weighted by molar-refractivity contribution is -0.194. The highest BCUT2D eigenvalue weighted by atomic mass is 19.1. The van der Waals surface area contributed by atoms with E-state index in [9.17, 15) is 14.0 Å². The SMILES string of the molecule is COC(=O)C1CC(CF)N(OC(C)=O)C1. The van der Waals surface area contributed by atoms with Crippen molar-refractivity contribution in [2.45, 2.75) is 19.4 Å². The Hall–Kier alpha value is -1.17. The number of rotatable bonds is 3. The van der Waals surface area contributed by atoms with E-state index in [0.717, 1.165) is 0 Å². The van der Waals surface area contributed by atoms with Crippen molar-refractivity contribution in [1.82, 2.24) is 5.06 Å². The predicted molar refractivity (Wildman–Crippen MR) is 48.4 cm³/mol. The van der Waals surface area contributed by atoms with Gasteiger partial charge in [-0.15, -0.1) is 5.06 Å². The zero-order valence-corrected chi connectivity index (χ0v) is 8.73. The van der Waals surface area contributed by atoms with Crippen LogP contribution in [0.25, 0.3) is 0 Å². The van der Waals surface area contributed by atoms with Crippen molar-refractivity contribution in [3.8, 4) is 0 Å². The molecule has 0 aromatic rings. The number of ether oxygens (including phenoxy) is 1. The summed E-state index contributed by atoms with van der Waals surface area (Å²) in [6.07, 6.45) is 0.316. The number of halogens is 1. The van der Waals surface area contributed by atoms with Gasteiger partial charge < -0.3 is 9.57 Å². The Bertz CT molecular complexity index is 258. The molecule has 6 heteroatoms. The van der Waals surface area contributed by atoms with Gasteiger partial charge in [0.05, 0.1) is 19.1 Å². The van der Waals surface area contributed by atoms with Crippen LogP contribution in [0.15, 0.2) is 0 Å². The summed E-state index contributed by atoms with van der Waals surface area (Å²) in [6, 6.07) is -0.544.